The topological polar surface area (TPSA) is 97.7 Å². The first-order valence-electron chi connectivity index (χ1n) is 12.8. The summed E-state index contributed by atoms with van der Waals surface area (Å²) >= 11 is 0. The summed E-state index contributed by atoms with van der Waals surface area (Å²) in [7, 11) is 0. The number of pyridine rings is 1. The van der Waals surface area contributed by atoms with Gasteiger partial charge in [0, 0.05) is 47.2 Å². The van der Waals surface area contributed by atoms with Gasteiger partial charge in [0.15, 0.2) is 11.5 Å². The highest BCUT2D eigenvalue weighted by atomic mass is 16.3. The molecular weight excluding hydrogens is 464 g/mol. The van der Waals surface area contributed by atoms with Crippen molar-refractivity contribution < 1.29 is 9.90 Å². The fourth-order valence-electron chi connectivity index (χ4n) is 5.10. The van der Waals surface area contributed by atoms with E-state index in [-0.39, 0.29) is 11.8 Å². The van der Waals surface area contributed by atoms with Crippen molar-refractivity contribution in [1.29, 1.82) is 0 Å². The number of rotatable bonds is 8. The number of nitrogens with one attached hydrogen (secondary N) is 3. The number of hydrogen-bond acceptors (Lipinski definition) is 5. The highest BCUT2D eigenvalue weighted by Gasteiger charge is 2.13. The fraction of sp³-hybridized carbons (Fsp3) is 0.241. The molecule has 37 heavy (non-hydrogen) atoms. The zero-order valence-electron chi connectivity index (χ0n) is 20.6. The van der Waals surface area contributed by atoms with Crippen molar-refractivity contribution in [2.24, 2.45) is 0 Å². The number of carbonyl (C=O) groups is 1. The van der Waals surface area contributed by atoms with E-state index in [1.807, 2.05) is 59.1 Å². The smallest absolute Gasteiger partial charge is 0.251 e. The van der Waals surface area contributed by atoms with Crippen LogP contribution in [0.1, 0.15) is 29.6 Å². The average molecular weight is 495 g/mol. The van der Waals surface area contributed by atoms with Gasteiger partial charge < -0.3 is 25.6 Å². The summed E-state index contributed by atoms with van der Waals surface area (Å²) in [6, 6.07) is 17.5. The second-order valence-corrected chi connectivity index (χ2v) is 9.55. The molecule has 4 heterocycles. The van der Waals surface area contributed by atoms with Crippen molar-refractivity contribution in [1.82, 2.24) is 24.6 Å². The van der Waals surface area contributed by atoms with Crippen LogP contribution in [-0.2, 0) is 0 Å². The number of aromatic nitrogens is 3. The predicted octanol–water partition coefficient (Wildman–Crippen LogP) is 5.15. The minimum absolute atomic E-state index is 0.0410. The summed E-state index contributed by atoms with van der Waals surface area (Å²) in [5.41, 5.74) is 5.23. The molecule has 1 fully saturated rings. The lowest BCUT2D eigenvalue weighted by Crippen LogP contribution is -2.28. The quantitative estimate of drug-likeness (QED) is 0.224. The van der Waals surface area contributed by atoms with Crippen LogP contribution in [0.5, 0.6) is 5.88 Å². The number of likely N-dealkylation sites (tertiary alicyclic amines) is 1. The van der Waals surface area contributed by atoms with Crippen LogP contribution in [0, 0.1) is 0 Å². The maximum Gasteiger partial charge on any atom is 0.251 e. The van der Waals surface area contributed by atoms with E-state index in [4.69, 9.17) is 0 Å². The van der Waals surface area contributed by atoms with Crippen molar-refractivity contribution in [2.75, 3.05) is 31.5 Å². The monoisotopic (exact) mass is 494 g/mol. The minimum Gasteiger partial charge on any atom is -0.494 e. The van der Waals surface area contributed by atoms with Crippen molar-refractivity contribution in [2.45, 2.75) is 19.3 Å². The minimum atomic E-state index is -0.0410. The van der Waals surface area contributed by atoms with Gasteiger partial charge in [-0.2, -0.15) is 0 Å². The highest BCUT2D eigenvalue weighted by Crippen LogP contribution is 2.31. The molecular formula is C29H30N6O2. The third kappa shape index (κ3) is 4.75. The second-order valence-electron chi connectivity index (χ2n) is 9.55. The molecule has 188 valence electrons. The lowest BCUT2D eigenvalue weighted by molar-refractivity contribution is 0.0952. The molecule has 1 saturated heterocycles. The van der Waals surface area contributed by atoms with Crippen molar-refractivity contribution in [3.8, 4) is 17.1 Å². The van der Waals surface area contributed by atoms with Gasteiger partial charge >= 0.3 is 0 Å². The second kappa shape index (κ2) is 9.99. The van der Waals surface area contributed by atoms with Gasteiger partial charge in [0.05, 0.1) is 11.4 Å². The Bertz CT molecular complexity index is 1550. The van der Waals surface area contributed by atoms with Gasteiger partial charge in [-0.05, 0) is 93.0 Å². The number of aromatic amines is 1. The number of H-pyrrole nitrogens is 1. The Hall–Kier alpha value is -4.30. The zero-order valence-corrected chi connectivity index (χ0v) is 20.6. The molecule has 0 radical (unpaired) electrons. The standard InChI is InChI=1S/C29H30N6O2/c36-28(31-12-3-16-34-14-1-2-15-34)20-4-7-23(8-5-20)33-25-10-11-26(35-17-13-30-27(25)35)21-6-9-24-22(18-21)19-32-29(24)37/h4-11,13,17-19,32-33,37H,1-3,12,14-16H2,(H,31,36). The normalized spacial score (nSPS) is 13.9. The van der Waals surface area contributed by atoms with Gasteiger partial charge in [-0.25, -0.2) is 4.98 Å². The lowest BCUT2D eigenvalue weighted by atomic mass is 10.1. The van der Waals surface area contributed by atoms with Crippen molar-refractivity contribution in [3.05, 3.63) is 78.8 Å². The number of imidazole rings is 1. The molecule has 0 bridgehead atoms. The molecule has 0 saturated carbocycles. The molecule has 4 N–H and O–H groups in total. The molecule has 5 aromatic rings. The molecule has 3 aromatic heterocycles. The van der Waals surface area contributed by atoms with Crippen LogP contribution in [-0.4, -0.2) is 56.5 Å². The Morgan fingerprint density at radius 2 is 1.89 bits per heavy atom. The summed E-state index contributed by atoms with van der Waals surface area (Å²) in [6.07, 6.45) is 9.07. The number of nitrogens with zero attached hydrogens (tertiary/aromatic N) is 3. The van der Waals surface area contributed by atoms with E-state index >= 15 is 0 Å². The molecule has 0 spiro atoms. The first kappa shape index (κ1) is 23.1. The Labute approximate surface area is 215 Å². The van der Waals surface area contributed by atoms with E-state index in [9.17, 15) is 9.90 Å². The van der Waals surface area contributed by atoms with Crippen LogP contribution >= 0.6 is 0 Å². The zero-order chi connectivity index (χ0) is 25.2. The highest BCUT2D eigenvalue weighted by molar-refractivity contribution is 5.95. The van der Waals surface area contributed by atoms with Gasteiger partial charge in [0.2, 0.25) is 0 Å². The number of aromatic hydroxyl groups is 1. The number of benzene rings is 2. The Morgan fingerprint density at radius 3 is 2.73 bits per heavy atom. The Morgan fingerprint density at radius 1 is 1.05 bits per heavy atom. The number of hydrogen-bond donors (Lipinski definition) is 4. The first-order valence-corrected chi connectivity index (χ1v) is 12.8. The van der Waals surface area contributed by atoms with E-state index in [0.717, 1.165) is 52.0 Å². The molecule has 8 heteroatoms. The number of amides is 1. The van der Waals surface area contributed by atoms with Crippen LogP contribution in [0.3, 0.4) is 0 Å². The number of carbonyl (C=O) groups excluding carboxylic acids is 1. The molecule has 0 atom stereocenters. The molecule has 1 aliphatic heterocycles. The van der Waals surface area contributed by atoms with Crippen LogP contribution in [0.4, 0.5) is 11.4 Å². The lowest BCUT2D eigenvalue weighted by Gasteiger charge is -2.14. The van der Waals surface area contributed by atoms with E-state index in [1.54, 1.807) is 12.4 Å². The Kier molecular flexibility index (Phi) is 6.24. The largest absolute Gasteiger partial charge is 0.494 e. The summed E-state index contributed by atoms with van der Waals surface area (Å²) in [5.74, 6) is 0.135. The number of fused-ring (bicyclic) bond motifs is 2. The van der Waals surface area contributed by atoms with Gasteiger partial charge in [-0.15, -0.1) is 0 Å². The maximum atomic E-state index is 12.5. The number of anilines is 2. The molecule has 6 rings (SSSR count). The van der Waals surface area contributed by atoms with E-state index in [0.29, 0.717) is 12.1 Å². The van der Waals surface area contributed by atoms with Crippen LogP contribution in [0.2, 0.25) is 0 Å². The summed E-state index contributed by atoms with van der Waals surface area (Å²) in [5, 5.41) is 18.1. The van der Waals surface area contributed by atoms with Gasteiger partial charge in [-0.1, -0.05) is 6.07 Å². The third-order valence-electron chi connectivity index (χ3n) is 7.08. The van der Waals surface area contributed by atoms with Crippen LogP contribution in [0.25, 0.3) is 27.7 Å². The molecule has 1 amide bonds. The molecule has 8 nitrogen and oxygen atoms in total. The third-order valence-corrected chi connectivity index (χ3v) is 7.08. The van der Waals surface area contributed by atoms with E-state index < -0.39 is 0 Å². The van der Waals surface area contributed by atoms with E-state index in [2.05, 4.69) is 31.6 Å². The summed E-state index contributed by atoms with van der Waals surface area (Å²) in [4.78, 5) is 22.4. The van der Waals surface area contributed by atoms with Gasteiger partial charge in [0.1, 0.15) is 0 Å². The first-order chi connectivity index (χ1) is 18.2. The summed E-state index contributed by atoms with van der Waals surface area (Å²) in [6.45, 7) is 4.11. The summed E-state index contributed by atoms with van der Waals surface area (Å²) < 4.78 is 2.04. The molecule has 2 aromatic carbocycles. The van der Waals surface area contributed by atoms with Crippen molar-refractivity contribution in [3.63, 3.8) is 0 Å². The molecule has 0 unspecified atom stereocenters. The Balaban J connectivity index is 1.13. The van der Waals surface area contributed by atoms with Gasteiger partial charge in [-0.3, -0.25) is 9.20 Å². The SMILES string of the molecule is O=C(NCCCN1CCCC1)c1ccc(Nc2ccc(-c3ccc4c(O)[nH]cc4c3)n3ccnc23)cc1. The van der Waals surface area contributed by atoms with Gasteiger partial charge in [0.25, 0.3) is 5.91 Å². The average Bonchev–Trinajstić information content (AvgIpc) is 3.69. The fourth-order valence-corrected chi connectivity index (χ4v) is 5.10. The predicted molar refractivity (Wildman–Crippen MR) is 146 cm³/mol. The maximum absolute atomic E-state index is 12.5. The van der Waals surface area contributed by atoms with Crippen molar-refractivity contribution >= 4 is 33.7 Å². The van der Waals surface area contributed by atoms with Crippen LogP contribution < -0.4 is 10.6 Å². The van der Waals surface area contributed by atoms with Crippen LogP contribution in [0.15, 0.2) is 73.2 Å². The molecule has 0 aliphatic carbocycles. The van der Waals surface area contributed by atoms with E-state index in [1.165, 1.54) is 25.9 Å². The molecule has 1 aliphatic rings.